The molecule has 1 aliphatic rings. The lowest BCUT2D eigenvalue weighted by Gasteiger charge is -2.11. The molecule has 10 nitrogen and oxygen atoms in total. The standard InChI is InChI=1S/C24H21N5O5/c1-31-21-11-17(7-9-19(21)32-14-16-5-3-2-4-6-16)24-26-28-29(27-24)13-23(30)25-18-8-10-20-22(12-18)34-15-33-20/h2-12H,13-15H2,1H3,(H,25,30). The van der Waals surface area contributed by atoms with E-state index < -0.39 is 0 Å². The largest absolute Gasteiger partial charge is 0.493 e. The van der Waals surface area contributed by atoms with Crippen LogP contribution in [-0.4, -0.2) is 40.0 Å². The molecule has 1 amide bonds. The van der Waals surface area contributed by atoms with Gasteiger partial charge in [-0.3, -0.25) is 4.79 Å². The number of benzene rings is 3. The molecule has 1 aromatic heterocycles. The third-order valence-corrected chi connectivity index (χ3v) is 5.05. The van der Waals surface area contributed by atoms with Gasteiger partial charge in [-0.2, -0.15) is 4.80 Å². The van der Waals surface area contributed by atoms with E-state index in [0.29, 0.717) is 46.7 Å². The molecule has 1 N–H and O–H groups in total. The summed E-state index contributed by atoms with van der Waals surface area (Å²) in [5, 5.41) is 15.1. The zero-order valence-corrected chi connectivity index (χ0v) is 18.3. The highest BCUT2D eigenvalue weighted by Gasteiger charge is 2.16. The van der Waals surface area contributed by atoms with E-state index in [4.69, 9.17) is 18.9 Å². The van der Waals surface area contributed by atoms with Crippen molar-refractivity contribution >= 4 is 11.6 Å². The molecule has 1 aliphatic heterocycles. The van der Waals surface area contributed by atoms with Gasteiger partial charge in [0, 0.05) is 17.3 Å². The number of rotatable bonds is 8. The number of amides is 1. The molecular weight excluding hydrogens is 438 g/mol. The number of anilines is 1. The van der Waals surface area contributed by atoms with Crippen molar-refractivity contribution in [2.24, 2.45) is 0 Å². The molecule has 3 aromatic carbocycles. The summed E-state index contributed by atoms with van der Waals surface area (Å²) in [5.74, 6) is 2.45. The highest BCUT2D eigenvalue weighted by atomic mass is 16.7. The van der Waals surface area contributed by atoms with Gasteiger partial charge in [0.05, 0.1) is 7.11 Å². The first-order valence-electron chi connectivity index (χ1n) is 10.5. The number of carbonyl (C=O) groups excluding carboxylic acids is 1. The van der Waals surface area contributed by atoms with Crippen molar-refractivity contribution in [2.75, 3.05) is 19.2 Å². The number of hydrogen-bond donors (Lipinski definition) is 1. The quantitative estimate of drug-likeness (QED) is 0.428. The summed E-state index contributed by atoms with van der Waals surface area (Å²) in [6, 6.07) is 20.4. The number of aromatic nitrogens is 4. The van der Waals surface area contributed by atoms with Crippen molar-refractivity contribution in [1.82, 2.24) is 20.2 Å². The Kier molecular flexibility index (Phi) is 5.93. The Morgan fingerprint density at radius 2 is 1.88 bits per heavy atom. The van der Waals surface area contributed by atoms with Gasteiger partial charge in [0.25, 0.3) is 0 Å². The van der Waals surface area contributed by atoms with Crippen molar-refractivity contribution in [3.8, 4) is 34.4 Å². The molecule has 0 bridgehead atoms. The van der Waals surface area contributed by atoms with Gasteiger partial charge >= 0.3 is 0 Å². The molecule has 0 radical (unpaired) electrons. The lowest BCUT2D eigenvalue weighted by atomic mass is 10.2. The molecule has 0 spiro atoms. The Bertz CT molecular complexity index is 1310. The van der Waals surface area contributed by atoms with Crippen LogP contribution in [0.1, 0.15) is 5.56 Å². The van der Waals surface area contributed by atoms with Crippen molar-refractivity contribution in [1.29, 1.82) is 0 Å². The maximum absolute atomic E-state index is 12.4. The van der Waals surface area contributed by atoms with Crippen LogP contribution >= 0.6 is 0 Å². The summed E-state index contributed by atoms with van der Waals surface area (Å²) in [7, 11) is 1.57. The topological polar surface area (TPSA) is 110 Å². The summed E-state index contributed by atoms with van der Waals surface area (Å²) in [5.41, 5.74) is 2.33. The van der Waals surface area contributed by atoms with Gasteiger partial charge in [0.1, 0.15) is 13.2 Å². The van der Waals surface area contributed by atoms with Gasteiger partial charge in [-0.1, -0.05) is 30.3 Å². The highest BCUT2D eigenvalue weighted by Crippen LogP contribution is 2.34. The summed E-state index contributed by atoms with van der Waals surface area (Å²) >= 11 is 0. The fraction of sp³-hybridized carbons (Fsp3) is 0.167. The number of nitrogens with zero attached hydrogens (tertiary/aromatic N) is 4. The number of carbonyl (C=O) groups is 1. The third-order valence-electron chi connectivity index (χ3n) is 5.05. The van der Waals surface area contributed by atoms with Crippen LogP contribution in [0.15, 0.2) is 66.7 Å². The maximum Gasteiger partial charge on any atom is 0.248 e. The van der Waals surface area contributed by atoms with Crippen LogP contribution in [0.3, 0.4) is 0 Å². The predicted molar refractivity (Wildman–Crippen MR) is 122 cm³/mol. The molecule has 10 heteroatoms. The van der Waals surface area contributed by atoms with E-state index in [2.05, 4.69) is 20.7 Å². The van der Waals surface area contributed by atoms with E-state index in [9.17, 15) is 4.79 Å². The zero-order chi connectivity index (χ0) is 23.3. The van der Waals surface area contributed by atoms with Crippen LogP contribution in [-0.2, 0) is 17.9 Å². The van der Waals surface area contributed by atoms with Crippen LogP contribution < -0.4 is 24.3 Å². The van der Waals surface area contributed by atoms with E-state index in [1.807, 2.05) is 36.4 Å². The molecule has 172 valence electrons. The van der Waals surface area contributed by atoms with Crippen LogP contribution in [0.25, 0.3) is 11.4 Å². The molecule has 0 fully saturated rings. The smallest absolute Gasteiger partial charge is 0.248 e. The van der Waals surface area contributed by atoms with Gasteiger partial charge in [-0.15, -0.1) is 10.2 Å². The van der Waals surface area contributed by atoms with Crippen LogP contribution in [0.2, 0.25) is 0 Å². The summed E-state index contributed by atoms with van der Waals surface area (Å²) in [6.07, 6.45) is 0. The van der Waals surface area contributed by atoms with Crippen molar-refractivity contribution in [3.05, 3.63) is 72.3 Å². The summed E-state index contributed by atoms with van der Waals surface area (Å²) in [4.78, 5) is 13.6. The van der Waals surface area contributed by atoms with Gasteiger partial charge < -0.3 is 24.3 Å². The Labute approximate surface area is 195 Å². The highest BCUT2D eigenvalue weighted by molar-refractivity contribution is 5.90. The average Bonchev–Trinajstić information content (AvgIpc) is 3.52. The second-order valence-corrected chi connectivity index (χ2v) is 7.40. The normalized spacial score (nSPS) is 11.8. The Hall–Kier alpha value is -4.60. The van der Waals surface area contributed by atoms with Gasteiger partial charge in [-0.05, 0) is 41.1 Å². The lowest BCUT2D eigenvalue weighted by molar-refractivity contribution is -0.117. The van der Waals surface area contributed by atoms with E-state index in [1.54, 1.807) is 37.4 Å². The van der Waals surface area contributed by atoms with Crippen molar-refractivity contribution in [3.63, 3.8) is 0 Å². The van der Waals surface area contributed by atoms with E-state index in [0.717, 1.165) is 5.56 Å². The predicted octanol–water partition coefficient (Wildman–Crippen LogP) is 3.30. The van der Waals surface area contributed by atoms with Crippen molar-refractivity contribution in [2.45, 2.75) is 13.2 Å². The molecule has 4 aromatic rings. The second-order valence-electron chi connectivity index (χ2n) is 7.40. The number of fused-ring (bicyclic) bond motifs is 1. The Balaban J connectivity index is 1.23. The van der Waals surface area contributed by atoms with Crippen molar-refractivity contribution < 1.29 is 23.7 Å². The summed E-state index contributed by atoms with van der Waals surface area (Å²) in [6.45, 7) is 0.490. The van der Waals surface area contributed by atoms with Gasteiger partial charge in [0.15, 0.2) is 23.0 Å². The average molecular weight is 459 g/mol. The first-order chi connectivity index (χ1) is 16.7. The third kappa shape index (κ3) is 4.75. The number of nitrogens with one attached hydrogen (secondary N) is 1. The van der Waals surface area contributed by atoms with Crippen LogP contribution in [0.5, 0.6) is 23.0 Å². The first kappa shape index (κ1) is 21.3. The van der Waals surface area contributed by atoms with Gasteiger partial charge in [0.2, 0.25) is 18.5 Å². The summed E-state index contributed by atoms with van der Waals surface area (Å²) < 4.78 is 22.0. The molecular formula is C24H21N5O5. The fourth-order valence-electron chi connectivity index (χ4n) is 3.39. The second kappa shape index (κ2) is 9.49. The molecule has 5 rings (SSSR count). The Morgan fingerprint density at radius 1 is 1.03 bits per heavy atom. The number of hydrogen-bond acceptors (Lipinski definition) is 8. The molecule has 2 heterocycles. The lowest BCUT2D eigenvalue weighted by Crippen LogP contribution is -2.20. The number of tetrazole rings is 1. The van der Waals surface area contributed by atoms with Gasteiger partial charge in [-0.25, -0.2) is 0 Å². The number of ether oxygens (including phenoxy) is 4. The number of methoxy groups -OCH3 is 1. The molecule has 0 aliphatic carbocycles. The van der Waals surface area contributed by atoms with E-state index in [-0.39, 0.29) is 19.2 Å². The fourth-order valence-corrected chi connectivity index (χ4v) is 3.39. The molecule has 34 heavy (non-hydrogen) atoms. The SMILES string of the molecule is COc1cc(-c2nnn(CC(=O)Nc3ccc4c(c3)OCO4)n2)ccc1OCc1ccccc1. The molecule has 0 saturated carbocycles. The molecule has 0 saturated heterocycles. The maximum atomic E-state index is 12.4. The van der Waals surface area contributed by atoms with E-state index >= 15 is 0 Å². The minimum absolute atomic E-state index is 0.100. The minimum atomic E-state index is -0.301. The molecule has 0 unspecified atom stereocenters. The Morgan fingerprint density at radius 3 is 2.74 bits per heavy atom. The minimum Gasteiger partial charge on any atom is -0.493 e. The van der Waals surface area contributed by atoms with Crippen LogP contribution in [0.4, 0.5) is 5.69 Å². The van der Waals surface area contributed by atoms with Crippen LogP contribution in [0, 0.1) is 0 Å². The monoisotopic (exact) mass is 459 g/mol. The zero-order valence-electron chi connectivity index (χ0n) is 18.3. The van der Waals surface area contributed by atoms with E-state index in [1.165, 1.54) is 4.80 Å². The molecule has 0 atom stereocenters. The first-order valence-corrected chi connectivity index (χ1v) is 10.5.